The van der Waals surface area contributed by atoms with E-state index in [4.69, 9.17) is 4.74 Å². The molecule has 1 aliphatic carbocycles. The molecule has 2 rings (SSSR count). The molecule has 0 heterocycles. The molecular formula is C25H38F2O. The Kier molecular flexibility index (Phi) is 10.6. The Bertz CT molecular complexity index is 588. The van der Waals surface area contributed by atoms with Crippen LogP contribution in [0.3, 0.4) is 0 Å². The van der Waals surface area contributed by atoms with Crippen LogP contribution in [-0.4, -0.2) is 6.61 Å². The lowest BCUT2D eigenvalue weighted by molar-refractivity contribution is 0.172. The highest BCUT2D eigenvalue weighted by Gasteiger charge is 2.22. The van der Waals surface area contributed by atoms with Crippen LogP contribution in [0.1, 0.15) is 90.0 Å². The molecule has 0 aromatic heterocycles. The molecule has 0 amide bonds. The van der Waals surface area contributed by atoms with Gasteiger partial charge in [-0.15, -0.1) is 0 Å². The lowest BCUT2D eigenvalue weighted by atomic mass is 9.80. The Hall–Kier alpha value is -1.38. The lowest BCUT2D eigenvalue weighted by Gasteiger charge is -2.28. The van der Waals surface area contributed by atoms with Gasteiger partial charge in [0.15, 0.2) is 11.6 Å². The Morgan fingerprint density at radius 2 is 1.61 bits per heavy atom. The normalized spacial score (nSPS) is 20.0. The molecule has 0 atom stereocenters. The number of allylic oxidation sites excluding steroid dienone is 2. The number of rotatable bonds is 12. The first kappa shape index (κ1) is 22.9. The van der Waals surface area contributed by atoms with Crippen molar-refractivity contribution in [2.45, 2.75) is 90.9 Å². The summed E-state index contributed by atoms with van der Waals surface area (Å²) < 4.78 is 34.3. The van der Waals surface area contributed by atoms with Gasteiger partial charge in [-0.1, -0.05) is 83.4 Å². The monoisotopic (exact) mass is 392 g/mol. The highest BCUT2D eigenvalue weighted by Crippen LogP contribution is 2.33. The van der Waals surface area contributed by atoms with Crippen molar-refractivity contribution in [1.82, 2.24) is 0 Å². The summed E-state index contributed by atoms with van der Waals surface area (Å²) in [5.74, 6) is -0.237. The zero-order chi connectivity index (χ0) is 20.2. The number of ether oxygens (including phenoxy) is 1. The summed E-state index contributed by atoms with van der Waals surface area (Å²) in [6.07, 6.45) is 17.7. The van der Waals surface area contributed by atoms with Crippen LogP contribution in [0.5, 0.6) is 5.75 Å². The van der Waals surface area contributed by atoms with Gasteiger partial charge in [-0.25, -0.2) is 4.39 Å². The van der Waals surface area contributed by atoms with E-state index in [0.717, 1.165) is 38.0 Å². The molecular weight excluding hydrogens is 354 g/mol. The lowest BCUT2D eigenvalue weighted by Crippen LogP contribution is -2.20. The molecule has 0 unspecified atom stereocenters. The van der Waals surface area contributed by atoms with Gasteiger partial charge in [0.25, 0.3) is 0 Å². The third-order valence-electron chi connectivity index (χ3n) is 6.01. The van der Waals surface area contributed by atoms with Crippen molar-refractivity contribution in [2.24, 2.45) is 11.8 Å². The Labute approximate surface area is 170 Å². The van der Waals surface area contributed by atoms with Gasteiger partial charge in [0, 0.05) is 0 Å². The van der Waals surface area contributed by atoms with E-state index < -0.39 is 11.6 Å². The molecule has 158 valence electrons. The van der Waals surface area contributed by atoms with E-state index in [2.05, 4.69) is 13.8 Å². The maximum Gasteiger partial charge on any atom is 0.200 e. The first-order chi connectivity index (χ1) is 13.7. The van der Waals surface area contributed by atoms with Crippen molar-refractivity contribution in [3.8, 4) is 5.75 Å². The van der Waals surface area contributed by atoms with Gasteiger partial charge in [-0.05, 0) is 49.1 Å². The summed E-state index contributed by atoms with van der Waals surface area (Å²) in [5, 5.41) is 0. The number of unbranched alkanes of at least 4 members (excludes halogenated alkanes) is 4. The van der Waals surface area contributed by atoms with Crippen molar-refractivity contribution >= 4 is 0 Å². The van der Waals surface area contributed by atoms with Crippen molar-refractivity contribution in [3.63, 3.8) is 0 Å². The predicted molar refractivity (Wildman–Crippen MR) is 114 cm³/mol. The molecule has 0 radical (unpaired) electrons. The van der Waals surface area contributed by atoms with Crippen molar-refractivity contribution in [2.75, 3.05) is 6.61 Å². The summed E-state index contributed by atoms with van der Waals surface area (Å²) in [4.78, 5) is 0. The average Bonchev–Trinajstić information content (AvgIpc) is 2.71. The molecule has 28 heavy (non-hydrogen) atoms. The molecule has 1 aliphatic rings. The molecule has 1 saturated carbocycles. The molecule has 0 spiro atoms. The number of hydrogen-bond acceptors (Lipinski definition) is 1. The molecule has 0 aliphatic heterocycles. The second-order valence-corrected chi connectivity index (χ2v) is 8.36. The predicted octanol–water partition coefficient (Wildman–Crippen LogP) is 8.02. The zero-order valence-corrected chi connectivity index (χ0v) is 17.8. The standard InChI is InChI=1S/C25H38F2O/c1-3-5-7-8-10-12-22-17-18-23(25(27)24(22)26)28-19-21-15-13-20(14-16-21)11-9-6-4-2/h8,10,17-18,20-21H,3-7,9,11-16,19H2,1-2H3. The van der Waals surface area contributed by atoms with E-state index in [1.165, 1.54) is 38.5 Å². The van der Waals surface area contributed by atoms with Crippen LogP contribution in [-0.2, 0) is 6.42 Å². The van der Waals surface area contributed by atoms with Crippen LogP contribution in [0, 0.1) is 23.5 Å². The molecule has 3 heteroatoms. The van der Waals surface area contributed by atoms with Gasteiger partial charge < -0.3 is 4.74 Å². The summed E-state index contributed by atoms with van der Waals surface area (Å²) in [5.41, 5.74) is 0.394. The van der Waals surface area contributed by atoms with Gasteiger partial charge in [-0.2, -0.15) is 4.39 Å². The number of halogens is 2. The van der Waals surface area contributed by atoms with Crippen LogP contribution in [0.2, 0.25) is 0 Å². The topological polar surface area (TPSA) is 9.23 Å². The fraction of sp³-hybridized carbons (Fsp3) is 0.680. The Morgan fingerprint density at radius 1 is 0.893 bits per heavy atom. The quantitative estimate of drug-likeness (QED) is 0.258. The molecule has 1 aromatic carbocycles. The molecule has 0 bridgehead atoms. The molecule has 1 fully saturated rings. The smallest absolute Gasteiger partial charge is 0.200 e. The third-order valence-corrected chi connectivity index (χ3v) is 6.01. The van der Waals surface area contributed by atoms with E-state index in [1.54, 1.807) is 12.1 Å². The van der Waals surface area contributed by atoms with Crippen LogP contribution in [0.25, 0.3) is 0 Å². The second kappa shape index (κ2) is 13.0. The van der Waals surface area contributed by atoms with Gasteiger partial charge in [-0.3, -0.25) is 0 Å². The third kappa shape index (κ3) is 7.56. The van der Waals surface area contributed by atoms with E-state index in [1.807, 2.05) is 12.2 Å². The zero-order valence-electron chi connectivity index (χ0n) is 17.8. The first-order valence-electron chi connectivity index (χ1n) is 11.4. The number of hydrogen-bond donors (Lipinski definition) is 0. The summed E-state index contributed by atoms with van der Waals surface area (Å²) in [6.45, 7) is 4.88. The SMILES string of the molecule is CCCCC=CCc1ccc(OCC2CCC(CCCCC)CC2)c(F)c1F. The maximum atomic E-state index is 14.4. The Morgan fingerprint density at radius 3 is 2.32 bits per heavy atom. The van der Waals surface area contributed by atoms with Gasteiger partial charge in [0.05, 0.1) is 6.61 Å². The summed E-state index contributed by atoms with van der Waals surface area (Å²) >= 11 is 0. The van der Waals surface area contributed by atoms with Gasteiger partial charge in [0.1, 0.15) is 0 Å². The first-order valence-corrected chi connectivity index (χ1v) is 11.4. The highest BCUT2D eigenvalue weighted by molar-refractivity contribution is 5.32. The second-order valence-electron chi connectivity index (χ2n) is 8.36. The largest absolute Gasteiger partial charge is 0.490 e. The van der Waals surface area contributed by atoms with Crippen LogP contribution < -0.4 is 4.74 Å². The van der Waals surface area contributed by atoms with Crippen LogP contribution >= 0.6 is 0 Å². The maximum absolute atomic E-state index is 14.4. The van der Waals surface area contributed by atoms with E-state index >= 15 is 0 Å². The fourth-order valence-electron chi connectivity index (χ4n) is 4.07. The van der Waals surface area contributed by atoms with E-state index in [0.29, 0.717) is 24.5 Å². The molecule has 0 saturated heterocycles. The minimum absolute atomic E-state index is 0.0567. The molecule has 0 N–H and O–H groups in total. The fourth-order valence-corrected chi connectivity index (χ4v) is 4.07. The number of benzene rings is 1. The van der Waals surface area contributed by atoms with Crippen molar-refractivity contribution in [1.29, 1.82) is 0 Å². The van der Waals surface area contributed by atoms with Crippen LogP contribution in [0.15, 0.2) is 24.3 Å². The highest BCUT2D eigenvalue weighted by atomic mass is 19.2. The molecule has 1 aromatic rings. The van der Waals surface area contributed by atoms with E-state index in [9.17, 15) is 8.78 Å². The van der Waals surface area contributed by atoms with Crippen molar-refractivity contribution in [3.05, 3.63) is 41.5 Å². The average molecular weight is 393 g/mol. The molecule has 1 nitrogen and oxygen atoms in total. The summed E-state index contributed by atoms with van der Waals surface area (Å²) in [6, 6.07) is 3.24. The van der Waals surface area contributed by atoms with E-state index in [-0.39, 0.29) is 5.75 Å². The van der Waals surface area contributed by atoms with Crippen molar-refractivity contribution < 1.29 is 13.5 Å². The Balaban J connectivity index is 1.77. The van der Waals surface area contributed by atoms with Gasteiger partial charge in [0.2, 0.25) is 5.82 Å². The van der Waals surface area contributed by atoms with Gasteiger partial charge >= 0.3 is 0 Å². The minimum atomic E-state index is -0.840. The van der Waals surface area contributed by atoms with Crippen LogP contribution in [0.4, 0.5) is 8.78 Å². The minimum Gasteiger partial charge on any atom is -0.490 e. The summed E-state index contributed by atoms with van der Waals surface area (Å²) in [7, 11) is 0.